The summed E-state index contributed by atoms with van der Waals surface area (Å²) in [7, 11) is 0. The molecule has 5 saturated heterocycles. The third-order valence-electron chi connectivity index (χ3n) is 16.0. The van der Waals surface area contributed by atoms with E-state index in [0.29, 0.717) is 18.4 Å². The molecule has 0 aromatic rings. The highest BCUT2D eigenvalue weighted by molar-refractivity contribution is 5.85. The molecule has 0 spiro atoms. The van der Waals surface area contributed by atoms with Crippen molar-refractivity contribution in [3.63, 3.8) is 0 Å². The maximum atomic E-state index is 12.6. The molecule has 12 unspecified atom stereocenters. The molecular formula is C39H56O16. The molecule has 9 fully saturated rings. The number of ether oxygens (including phenoxy) is 9. The van der Waals surface area contributed by atoms with Crippen LogP contribution in [0.1, 0.15) is 78.6 Å². The van der Waals surface area contributed by atoms with Crippen LogP contribution in [0.5, 0.6) is 0 Å². The molecule has 0 aromatic carbocycles. The Morgan fingerprint density at radius 3 is 2.15 bits per heavy atom. The van der Waals surface area contributed by atoms with Gasteiger partial charge < -0.3 is 73.3 Å². The van der Waals surface area contributed by atoms with Crippen molar-refractivity contribution in [1.29, 1.82) is 0 Å². The van der Waals surface area contributed by atoms with Crippen LogP contribution in [0.4, 0.5) is 0 Å². The molecule has 16 nitrogen and oxygen atoms in total. The number of fused-ring (bicyclic) bond motifs is 7. The van der Waals surface area contributed by atoms with Gasteiger partial charge in [0.25, 0.3) is 0 Å². The molecule has 308 valence electrons. The van der Waals surface area contributed by atoms with Gasteiger partial charge in [-0.05, 0) is 99.4 Å². The Hall–Kier alpha value is -1.35. The molecule has 0 aromatic heterocycles. The third-order valence-corrected chi connectivity index (χ3v) is 16.0. The summed E-state index contributed by atoms with van der Waals surface area (Å²) in [6.45, 7) is 6.63. The predicted octanol–water partition coefficient (Wildman–Crippen LogP) is 0.111. The monoisotopic (exact) mass is 780 g/mol. The van der Waals surface area contributed by atoms with Crippen LogP contribution in [0.3, 0.4) is 0 Å². The first-order valence-electron chi connectivity index (χ1n) is 20.4. The zero-order valence-corrected chi connectivity index (χ0v) is 31.5. The van der Waals surface area contributed by atoms with Crippen molar-refractivity contribution in [2.45, 2.75) is 183 Å². The van der Waals surface area contributed by atoms with Crippen LogP contribution in [0.25, 0.3) is 0 Å². The Morgan fingerprint density at radius 2 is 1.38 bits per heavy atom. The van der Waals surface area contributed by atoms with Crippen LogP contribution in [0.2, 0.25) is 0 Å². The first kappa shape index (κ1) is 37.9. The van der Waals surface area contributed by atoms with Gasteiger partial charge in [-0.2, -0.15) is 0 Å². The number of aliphatic hydroxyl groups is 6. The molecule has 4 aliphatic carbocycles. The third kappa shape index (κ3) is 5.87. The first-order valence-corrected chi connectivity index (χ1v) is 20.4. The molecule has 6 N–H and O–H groups in total. The summed E-state index contributed by atoms with van der Waals surface area (Å²) in [6, 6.07) is 0. The number of carbonyl (C=O) groups excluding carboxylic acids is 1. The van der Waals surface area contributed by atoms with E-state index in [1.54, 1.807) is 13.0 Å². The zero-order valence-electron chi connectivity index (χ0n) is 31.5. The van der Waals surface area contributed by atoms with Crippen LogP contribution >= 0.6 is 0 Å². The van der Waals surface area contributed by atoms with Crippen molar-refractivity contribution in [3.8, 4) is 0 Å². The van der Waals surface area contributed by atoms with E-state index in [-0.39, 0.29) is 34.7 Å². The van der Waals surface area contributed by atoms with E-state index in [0.717, 1.165) is 63.4 Å². The van der Waals surface area contributed by atoms with Crippen molar-refractivity contribution in [3.05, 3.63) is 11.6 Å². The van der Waals surface area contributed by atoms with E-state index in [1.807, 2.05) is 0 Å². The van der Waals surface area contributed by atoms with E-state index < -0.39 is 98.1 Å². The fraction of sp³-hybridized carbons (Fsp3) is 0.923. The Kier molecular flexibility index (Phi) is 9.18. The molecule has 4 saturated carbocycles. The maximum absolute atomic E-state index is 12.6. The van der Waals surface area contributed by atoms with Crippen molar-refractivity contribution < 1.29 is 78.1 Å². The van der Waals surface area contributed by atoms with Gasteiger partial charge in [0.05, 0.1) is 17.8 Å². The van der Waals surface area contributed by atoms with E-state index in [9.17, 15) is 35.4 Å². The number of hydrogen-bond acceptors (Lipinski definition) is 16. The molecule has 6 aliphatic heterocycles. The fourth-order valence-corrected chi connectivity index (χ4v) is 12.7. The molecular weight excluding hydrogens is 724 g/mol. The van der Waals surface area contributed by atoms with Crippen LogP contribution in [-0.4, -0.2) is 147 Å². The Bertz CT molecular complexity index is 1550. The second-order valence-corrected chi connectivity index (χ2v) is 18.6. The molecule has 10 aliphatic rings. The second-order valence-electron chi connectivity index (χ2n) is 18.6. The van der Waals surface area contributed by atoms with Crippen LogP contribution < -0.4 is 0 Å². The quantitative estimate of drug-likeness (QED) is 0.115. The minimum Gasteiger partial charge on any atom is -0.458 e. The second kappa shape index (κ2) is 13.3. The average Bonchev–Trinajstić information content (AvgIpc) is 4.05. The minimum absolute atomic E-state index is 0.0186. The van der Waals surface area contributed by atoms with Crippen molar-refractivity contribution in [1.82, 2.24) is 0 Å². The van der Waals surface area contributed by atoms with Gasteiger partial charge in [0, 0.05) is 11.5 Å². The topological polar surface area (TPSA) is 228 Å². The number of rotatable bonds is 7. The summed E-state index contributed by atoms with van der Waals surface area (Å²) in [5.74, 6) is 0.780. The van der Waals surface area contributed by atoms with Crippen LogP contribution in [0.15, 0.2) is 11.6 Å². The predicted molar refractivity (Wildman–Crippen MR) is 182 cm³/mol. The van der Waals surface area contributed by atoms with E-state index in [4.69, 9.17) is 42.6 Å². The van der Waals surface area contributed by atoms with Gasteiger partial charge in [0.1, 0.15) is 61.5 Å². The van der Waals surface area contributed by atoms with Crippen LogP contribution in [-0.2, 0) is 47.4 Å². The van der Waals surface area contributed by atoms with Gasteiger partial charge in [0.15, 0.2) is 31.5 Å². The first-order chi connectivity index (χ1) is 26.2. The van der Waals surface area contributed by atoms with Gasteiger partial charge in [-0.15, -0.1) is 0 Å². The summed E-state index contributed by atoms with van der Waals surface area (Å²) < 4.78 is 51.9. The smallest absolute Gasteiger partial charge is 0.331 e. The summed E-state index contributed by atoms with van der Waals surface area (Å²) in [5.41, 5.74) is -0.0364. The molecule has 55 heavy (non-hydrogen) atoms. The molecule has 23 atom stereocenters. The summed E-state index contributed by atoms with van der Waals surface area (Å²) >= 11 is 0. The number of epoxide rings is 2. The standard InChI is InChI=1S/C39H56O16/c1-15-23(41)28(50-34-27(45)29(31-36(53-31)55-34)51-32-25(43)24(42)30-35(52-30)54-32)26(44)33(48-15)49-18-6-9-37(2)17(13-18)4-5-21-20(37)7-10-38(3)19(8-11-39(21,38)46)16-12-22(40)47-14-16/h12,15,17-21,23-36,41-46H,4-11,13-14H2,1-3H3/t15?,17-,18-,19+,20?,21+,23?,24+,25-,26-,27-,28-,29+,30?,31?,32?,33?,34?,35?,36?,37?,38?,39-/m0/s1. The maximum Gasteiger partial charge on any atom is 0.331 e. The lowest BCUT2D eigenvalue weighted by Crippen LogP contribution is -2.63. The number of aliphatic hydroxyl groups excluding tert-OH is 5. The van der Waals surface area contributed by atoms with Crippen molar-refractivity contribution in [2.75, 3.05) is 6.61 Å². The molecule has 6 heterocycles. The van der Waals surface area contributed by atoms with Gasteiger partial charge >= 0.3 is 5.97 Å². The Balaban J connectivity index is 0.782. The lowest BCUT2D eigenvalue weighted by atomic mass is 9.43. The zero-order chi connectivity index (χ0) is 38.3. The number of cyclic esters (lactones) is 1. The summed E-state index contributed by atoms with van der Waals surface area (Å²) in [5, 5.41) is 67.3. The molecule has 0 bridgehead atoms. The lowest BCUT2D eigenvalue weighted by Gasteiger charge is -2.64. The van der Waals surface area contributed by atoms with Crippen molar-refractivity contribution >= 4 is 5.97 Å². The highest BCUT2D eigenvalue weighted by Gasteiger charge is 2.68. The van der Waals surface area contributed by atoms with E-state index in [1.165, 1.54) is 0 Å². The Morgan fingerprint density at radius 1 is 0.691 bits per heavy atom. The van der Waals surface area contributed by atoms with Gasteiger partial charge in [-0.1, -0.05) is 13.8 Å². The highest BCUT2D eigenvalue weighted by atomic mass is 16.9. The SMILES string of the molecule is CC1OC(O[C@H]2CCC3(C)C4CCC5(C)[C@@H](C6=CC(=O)OC6)CC[C@]5(O)[C@@H]4CC[C@H]3C2)[C@@H](O)[C@@H](OC2OC3OC3[C@H](OC3OC4OC4[C@H](O)[C@@H]3O)[C@@H]2O)C1O. The normalized spacial score (nSPS) is 59.4. The lowest BCUT2D eigenvalue weighted by molar-refractivity contribution is -0.354. The highest BCUT2D eigenvalue weighted by Crippen LogP contribution is 2.70. The summed E-state index contributed by atoms with van der Waals surface area (Å²) in [6.07, 6.45) is -7.27. The van der Waals surface area contributed by atoms with E-state index >= 15 is 0 Å². The molecule has 0 amide bonds. The van der Waals surface area contributed by atoms with Gasteiger partial charge in [-0.25, -0.2) is 4.79 Å². The van der Waals surface area contributed by atoms with Crippen LogP contribution in [0, 0.1) is 34.5 Å². The van der Waals surface area contributed by atoms with Crippen molar-refractivity contribution in [2.24, 2.45) is 34.5 Å². The Labute approximate surface area is 319 Å². The molecule has 0 radical (unpaired) electrons. The van der Waals surface area contributed by atoms with E-state index in [2.05, 4.69) is 13.8 Å². The van der Waals surface area contributed by atoms with Gasteiger partial charge in [0.2, 0.25) is 0 Å². The molecule has 16 heteroatoms. The minimum atomic E-state index is -1.47. The fourth-order valence-electron chi connectivity index (χ4n) is 12.7. The average molecular weight is 781 g/mol. The number of esters is 1. The number of hydrogen-bond donors (Lipinski definition) is 6. The molecule has 10 rings (SSSR count). The number of carbonyl (C=O) groups is 1. The van der Waals surface area contributed by atoms with Gasteiger partial charge in [-0.3, -0.25) is 0 Å². The summed E-state index contributed by atoms with van der Waals surface area (Å²) in [4.78, 5) is 11.9. The largest absolute Gasteiger partial charge is 0.458 e.